The Labute approximate surface area is 113 Å². The second-order valence-electron chi connectivity index (χ2n) is 6.13. The molecular weight excluding hydrogens is 242 g/mol. The molecule has 0 saturated heterocycles. The van der Waals surface area contributed by atoms with Crippen LogP contribution in [0.15, 0.2) is 12.1 Å². The Balaban J connectivity index is 2.17. The number of phenols is 1. The number of aryl methyl sites for hydroxylation is 1. The average Bonchev–Trinajstić information content (AvgIpc) is 2.29. The topological polar surface area (TPSA) is 69.6 Å². The Morgan fingerprint density at radius 2 is 2.16 bits per heavy atom. The van der Waals surface area contributed by atoms with Crippen LogP contribution >= 0.6 is 0 Å². The van der Waals surface area contributed by atoms with E-state index in [4.69, 9.17) is 0 Å². The van der Waals surface area contributed by atoms with Crippen LogP contribution < -0.4 is 5.32 Å². The van der Waals surface area contributed by atoms with Crippen LogP contribution in [-0.2, 0) is 11.2 Å². The highest BCUT2D eigenvalue weighted by atomic mass is 16.4. The van der Waals surface area contributed by atoms with E-state index in [1.807, 2.05) is 6.92 Å². The minimum atomic E-state index is -0.749. The molecule has 4 nitrogen and oxygen atoms in total. The molecule has 0 fully saturated rings. The van der Waals surface area contributed by atoms with E-state index < -0.39 is 11.4 Å². The number of fused-ring (bicyclic) bond motifs is 1. The number of hydrogen-bond donors (Lipinski definition) is 3. The minimum Gasteiger partial charge on any atom is -0.508 e. The van der Waals surface area contributed by atoms with Gasteiger partial charge in [-0.1, -0.05) is 0 Å². The zero-order chi connectivity index (χ0) is 14.2. The van der Waals surface area contributed by atoms with Gasteiger partial charge in [0.1, 0.15) is 5.75 Å². The highest BCUT2D eigenvalue weighted by molar-refractivity contribution is 5.73. The number of carboxylic acids is 1. The third-order valence-electron chi connectivity index (χ3n) is 3.91. The van der Waals surface area contributed by atoms with E-state index in [0.717, 1.165) is 24.2 Å². The van der Waals surface area contributed by atoms with Gasteiger partial charge in [-0.3, -0.25) is 4.79 Å². The van der Waals surface area contributed by atoms with E-state index in [1.165, 1.54) is 5.56 Å². The highest BCUT2D eigenvalue weighted by Gasteiger charge is 2.32. The summed E-state index contributed by atoms with van der Waals surface area (Å²) in [6.07, 6.45) is 1.51. The van der Waals surface area contributed by atoms with Gasteiger partial charge in [0.15, 0.2) is 0 Å². The largest absolute Gasteiger partial charge is 0.508 e. The van der Waals surface area contributed by atoms with Crippen LogP contribution in [0.5, 0.6) is 5.75 Å². The van der Waals surface area contributed by atoms with Crippen molar-refractivity contribution < 1.29 is 15.0 Å². The molecule has 0 amide bonds. The van der Waals surface area contributed by atoms with E-state index in [9.17, 15) is 15.0 Å². The van der Waals surface area contributed by atoms with Gasteiger partial charge in [0.2, 0.25) is 0 Å². The molecule has 1 aromatic rings. The molecule has 1 aliphatic rings. The molecule has 1 aliphatic heterocycles. The van der Waals surface area contributed by atoms with Crippen molar-refractivity contribution in [2.75, 3.05) is 11.9 Å². The van der Waals surface area contributed by atoms with Gasteiger partial charge in [-0.25, -0.2) is 0 Å². The Bertz CT molecular complexity index is 508. The average molecular weight is 263 g/mol. The van der Waals surface area contributed by atoms with Gasteiger partial charge in [-0.05, 0) is 56.7 Å². The monoisotopic (exact) mass is 263 g/mol. The summed E-state index contributed by atoms with van der Waals surface area (Å²) in [6.45, 7) is 6.28. The first-order valence-electron chi connectivity index (χ1n) is 6.59. The van der Waals surface area contributed by atoms with Crippen molar-refractivity contribution in [1.29, 1.82) is 0 Å². The number of rotatable bonds is 3. The second-order valence-corrected chi connectivity index (χ2v) is 6.13. The van der Waals surface area contributed by atoms with Crippen molar-refractivity contribution in [3.63, 3.8) is 0 Å². The summed E-state index contributed by atoms with van der Waals surface area (Å²) in [6, 6.07) is 3.49. The normalized spacial score (nSPS) is 18.6. The van der Waals surface area contributed by atoms with Gasteiger partial charge in [0.25, 0.3) is 0 Å². The molecule has 0 saturated carbocycles. The molecule has 0 aromatic heterocycles. The molecule has 3 N–H and O–H groups in total. The molecule has 1 heterocycles. The lowest BCUT2D eigenvalue weighted by molar-refractivity contribution is -0.147. The van der Waals surface area contributed by atoms with Crippen LogP contribution in [0.1, 0.15) is 31.4 Å². The lowest BCUT2D eigenvalue weighted by Gasteiger charge is -2.31. The summed E-state index contributed by atoms with van der Waals surface area (Å²) in [5, 5.41) is 22.1. The smallest absolute Gasteiger partial charge is 0.309 e. The summed E-state index contributed by atoms with van der Waals surface area (Å²) >= 11 is 0. The number of hydrogen-bond acceptors (Lipinski definition) is 3. The number of carbonyl (C=O) groups is 1. The van der Waals surface area contributed by atoms with Gasteiger partial charge in [-0.15, -0.1) is 0 Å². The molecule has 19 heavy (non-hydrogen) atoms. The van der Waals surface area contributed by atoms with Crippen molar-refractivity contribution in [3.05, 3.63) is 23.3 Å². The molecule has 1 aromatic carbocycles. The van der Waals surface area contributed by atoms with Crippen LogP contribution in [0.4, 0.5) is 5.69 Å². The Morgan fingerprint density at radius 3 is 2.79 bits per heavy atom. The molecule has 2 rings (SSSR count). The second kappa shape index (κ2) is 4.76. The summed E-state index contributed by atoms with van der Waals surface area (Å²) in [4.78, 5) is 11.2. The molecular formula is C15H21NO3. The number of anilines is 1. The summed E-state index contributed by atoms with van der Waals surface area (Å²) in [5.74, 6) is -0.171. The number of aliphatic carboxylic acids is 1. The molecule has 4 heteroatoms. The predicted octanol–water partition coefficient (Wildman–Crippen LogP) is 2.79. The van der Waals surface area contributed by atoms with Gasteiger partial charge in [0, 0.05) is 18.3 Å². The van der Waals surface area contributed by atoms with Crippen LogP contribution in [0.25, 0.3) is 0 Å². The van der Waals surface area contributed by atoms with Crippen molar-refractivity contribution in [3.8, 4) is 5.75 Å². The maximum absolute atomic E-state index is 11.2. The van der Waals surface area contributed by atoms with Crippen LogP contribution in [0.3, 0.4) is 0 Å². The molecule has 1 atom stereocenters. The summed E-state index contributed by atoms with van der Waals surface area (Å²) in [7, 11) is 0. The van der Waals surface area contributed by atoms with Crippen molar-refractivity contribution >= 4 is 11.7 Å². The van der Waals surface area contributed by atoms with E-state index in [-0.39, 0.29) is 5.75 Å². The van der Waals surface area contributed by atoms with E-state index in [2.05, 4.69) is 5.32 Å². The number of benzene rings is 1. The van der Waals surface area contributed by atoms with E-state index in [0.29, 0.717) is 12.3 Å². The Hall–Kier alpha value is -1.71. The maximum Gasteiger partial charge on any atom is 0.309 e. The molecule has 1 unspecified atom stereocenters. The van der Waals surface area contributed by atoms with E-state index >= 15 is 0 Å². The fraction of sp³-hybridized carbons (Fsp3) is 0.533. The van der Waals surface area contributed by atoms with Crippen LogP contribution in [0, 0.1) is 18.3 Å². The standard InChI is InChI=1S/C15H21NO3/c1-9-4-11(17)6-13-12(9)5-10(8-16-13)7-15(2,3)14(18)19/h4,6,10,16-17H,5,7-8H2,1-3H3,(H,18,19). The maximum atomic E-state index is 11.2. The summed E-state index contributed by atoms with van der Waals surface area (Å²) in [5.41, 5.74) is 2.52. The first kappa shape index (κ1) is 13.7. The predicted molar refractivity (Wildman–Crippen MR) is 74.6 cm³/mol. The number of carboxylic acid groups (broad SMARTS) is 1. The first-order valence-corrected chi connectivity index (χ1v) is 6.59. The third kappa shape index (κ3) is 2.83. The van der Waals surface area contributed by atoms with Gasteiger partial charge < -0.3 is 15.5 Å². The van der Waals surface area contributed by atoms with Gasteiger partial charge in [-0.2, -0.15) is 0 Å². The van der Waals surface area contributed by atoms with Crippen LogP contribution in [-0.4, -0.2) is 22.7 Å². The van der Waals surface area contributed by atoms with Crippen molar-refractivity contribution in [1.82, 2.24) is 0 Å². The molecule has 0 radical (unpaired) electrons. The third-order valence-corrected chi connectivity index (χ3v) is 3.91. The molecule has 104 valence electrons. The lowest BCUT2D eigenvalue weighted by Crippen LogP contribution is -2.32. The SMILES string of the molecule is Cc1cc(O)cc2c1CC(CC(C)(C)C(=O)O)CN2. The summed E-state index contributed by atoms with van der Waals surface area (Å²) < 4.78 is 0. The molecule has 0 bridgehead atoms. The fourth-order valence-electron chi connectivity index (χ4n) is 2.80. The highest BCUT2D eigenvalue weighted by Crippen LogP contribution is 2.35. The Morgan fingerprint density at radius 1 is 1.47 bits per heavy atom. The number of phenolic OH excluding ortho intramolecular Hbond substituents is 1. The molecule has 0 aliphatic carbocycles. The zero-order valence-corrected chi connectivity index (χ0v) is 11.7. The molecule has 0 spiro atoms. The lowest BCUT2D eigenvalue weighted by atomic mass is 9.78. The Kier molecular flexibility index (Phi) is 3.43. The van der Waals surface area contributed by atoms with Crippen molar-refractivity contribution in [2.24, 2.45) is 11.3 Å². The number of aromatic hydroxyl groups is 1. The van der Waals surface area contributed by atoms with E-state index in [1.54, 1.807) is 26.0 Å². The first-order chi connectivity index (χ1) is 8.79. The zero-order valence-electron chi connectivity index (χ0n) is 11.7. The van der Waals surface area contributed by atoms with Gasteiger partial charge >= 0.3 is 5.97 Å². The minimum absolute atomic E-state index is 0.271. The fourth-order valence-corrected chi connectivity index (χ4v) is 2.80. The van der Waals surface area contributed by atoms with Gasteiger partial charge in [0.05, 0.1) is 5.41 Å². The van der Waals surface area contributed by atoms with Crippen LogP contribution in [0.2, 0.25) is 0 Å². The quantitative estimate of drug-likeness (QED) is 0.784. The van der Waals surface area contributed by atoms with Crippen molar-refractivity contribution in [2.45, 2.75) is 33.6 Å². The number of nitrogens with one attached hydrogen (secondary N) is 1.